The van der Waals surface area contributed by atoms with Gasteiger partial charge in [-0.15, -0.1) is 0 Å². The highest BCUT2D eigenvalue weighted by Crippen LogP contribution is 2.28. The average molecular weight is 343 g/mol. The number of aromatic amines is 1. The lowest BCUT2D eigenvalue weighted by Gasteiger charge is -2.07. The van der Waals surface area contributed by atoms with Crippen LogP contribution in [0.5, 0.6) is 0 Å². The second kappa shape index (κ2) is 6.18. The van der Waals surface area contributed by atoms with E-state index < -0.39 is 0 Å². The molecule has 0 saturated heterocycles. The molecule has 7 nitrogen and oxygen atoms in total. The van der Waals surface area contributed by atoms with Gasteiger partial charge in [0.15, 0.2) is 0 Å². The van der Waals surface area contributed by atoms with E-state index in [0.29, 0.717) is 11.3 Å². The van der Waals surface area contributed by atoms with Gasteiger partial charge in [0.05, 0.1) is 18.0 Å². The van der Waals surface area contributed by atoms with Crippen LogP contribution in [0.1, 0.15) is 21.7 Å². The summed E-state index contributed by atoms with van der Waals surface area (Å²) in [5.74, 6) is -0.368. The molecule has 1 amide bonds. The molecule has 3 heterocycles. The number of anilines is 1. The number of hydrogen-bond acceptors (Lipinski definition) is 5. The fraction of sp³-hybridized carbons (Fsp3) is 0.0526. The Balaban J connectivity index is 1.69. The maximum Gasteiger partial charge on any atom is 0.274 e. The number of nitriles is 1. The standard InChI is InChI=1S/C19H13N5O2/c1-11-2-3-14(9-20)21-17(11)19(25)22-13-4-5-16-15(8-13)18(24-23-16)12-6-7-26-10-12/h2-8,10H,1H3,(H,22,25)(H,23,24). The number of benzene rings is 1. The Labute approximate surface area is 148 Å². The van der Waals surface area contributed by atoms with Crippen molar-refractivity contribution >= 4 is 22.5 Å². The van der Waals surface area contributed by atoms with Gasteiger partial charge in [0.2, 0.25) is 0 Å². The minimum Gasteiger partial charge on any atom is -0.472 e. The molecular weight excluding hydrogens is 330 g/mol. The van der Waals surface area contributed by atoms with Gasteiger partial charge >= 0.3 is 0 Å². The molecule has 7 heteroatoms. The first-order valence-corrected chi connectivity index (χ1v) is 7.85. The highest BCUT2D eigenvalue weighted by atomic mass is 16.3. The molecule has 1 aromatic carbocycles. The van der Waals surface area contributed by atoms with Crippen LogP contribution in [0.4, 0.5) is 5.69 Å². The molecule has 0 unspecified atom stereocenters. The summed E-state index contributed by atoms with van der Waals surface area (Å²) in [5.41, 5.74) is 4.17. The van der Waals surface area contributed by atoms with Crippen molar-refractivity contribution < 1.29 is 9.21 Å². The number of amides is 1. The predicted octanol–water partition coefficient (Wildman–Crippen LogP) is 3.65. The number of carbonyl (C=O) groups is 1. The zero-order chi connectivity index (χ0) is 18.1. The number of nitrogens with zero attached hydrogens (tertiary/aromatic N) is 3. The van der Waals surface area contributed by atoms with Crippen molar-refractivity contribution in [2.45, 2.75) is 6.92 Å². The van der Waals surface area contributed by atoms with Crippen LogP contribution >= 0.6 is 0 Å². The van der Waals surface area contributed by atoms with E-state index in [1.807, 2.05) is 24.3 Å². The van der Waals surface area contributed by atoms with Gasteiger partial charge in [-0.3, -0.25) is 9.89 Å². The number of H-pyrrole nitrogens is 1. The number of nitrogens with one attached hydrogen (secondary N) is 2. The molecule has 0 atom stereocenters. The number of carbonyl (C=O) groups excluding carboxylic acids is 1. The third-order valence-corrected chi connectivity index (χ3v) is 4.04. The van der Waals surface area contributed by atoms with Crippen molar-refractivity contribution in [3.63, 3.8) is 0 Å². The van der Waals surface area contributed by atoms with Crippen molar-refractivity contribution in [3.05, 3.63) is 65.9 Å². The van der Waals surface area contributed by atoms with Crippen LogP contribution in [-0.2, 0) is 0 Å². The second-order valence-corrected chi connectivity index (χ2v) is 5.77. The van der Waals surface area contributed by atoms with Crippen LogP contribution in [0.2, 0.25) is 0 Å². The van der Waals surface area contributed by atoms with Crippen LogP contribution in [0.15, 0.2) is 53.3 Å². The number of pyridine rings is 1. The lowest BCUT2D eigenvalue weighted by molar-refractivity contribution is 0.102. The normalized spacial score (nSPS) is 10.6. The molecule has 0 fully saturated rings. The van der Waals surface area contributed by atoms with E-state index in [0.717, 1.165) is 22.2 Å². The first-order valence-electron chi connectivity index (χ1n) is 7.85. The fourth-order valence-corrected chi connectivity index (χ4v) is 2.72. The van der Waals surface area contributed by atoms with Gasteiger partial charge < -0.3 is 9.73 Å². The smallest absolute Gasteiger partial charge is 0.274 e. The lowest BCUT2D eigenvalue weighted by Crippen LogP contribution is -2.15. The molecule has 3 aromatic heterocycles. The Hall–Kier alpha value is -3.92. The SMILES string of the molecule is Cc1ccc(C#N)nc1C(=O)Nc1ccc2[nH]nc(-c3ccoc3)c2c1. The van der Waals surface area contributed by atoms with Crippen molar-refractivity contribution in [1.82, 2.24) is 15.2 Å². The van der Waals surface area contributed by atoms with E-state index in [9.17, 15) is 4.79 Å². The van der Waals surface area contributed by atoms with Crippen LogP contribution < -0.4 is 5.32 Å². The molecular formula is C19H13N5O2. The van der Waals surface area contributed by atoms with Gasteiger partial charge in [-0.25, -0.2) is 4.98 Å². The summed E-state index contributed by atoms with van der Waals surface area (Å²) in [7, 11) is 0. The van der Waals surface area contributed by atoms with Gasteiger partial charge in [0.1, 0.15) is 23.2 Å². The summed E-state index contributed by atoms with van der Waals surface area (Å²) in [4.78, 5) is 16.7. The zero-order valence-corrected chi connectivity index (χ0v) is 13.8. The maximum atomic E-state index is 12.6. The first-order chi connectivity index (χ1) is 12.7. The quantitative estimate of drug-likeness (QED) is 0.590. The van der Waals surface area contributed by atoms with E-state index in [2.05, 4.69) is 20.5 Å². The summed E-state index contributed by atoms with van der Waals surface area (Å²) in [6, 6.07) is 12.5. The Morgan fingerprint density at radius 2 is 2.15 bits per heavy atom. The molecule has 0 saturated carbocycles. The largest absolute Gasteiger partial charge is 0.472 e. The van der Waals surface area contributed by atoms with Crippen LogP contribution in [0.3, 0.4) is 0 Å². The molecule has 0 aliphatic heterocycles. The number of aryl methyl sites for hydroxylation is 1. The Kier molecular flexibility index (Phi) is 3.71. The van der Waals surface area contributed by atoms with Crippen molar-refractivity contribution in [1.29, 1.82) is 5.26 Å². The summed E-state index contributed by atoms with van der Waals surface area (Å²) < 4.78 is 5.12. The highest BCUT2D eigenvalue weighted by molar-refractivity contribution is 6.05. The summed E-state index contributed by atoms with van der Waals surface area (Å²) in [6.07, 6.45) is 3.19. The molecule has 0 spiro atoms. The molecule has 4 rings (SSSR count). The molecule has 0 aliphatic carbocycles. The third kappa shape index (κ3) is 2.70. The van der Waals surface area contributed by atoms with Gasteiger partial charge in [0.25, 0.3) is 5.91 Å². The van der Waals surface area contributed by atoms with Gasteiger partial charge in [-0.05, 0) is 42.8 Å². The van der Waals surface area contributed by atoms with Gasteiger partial charge in [-0.2, -0.15) is 10.4 Å². The summed E-state index contributed by atoms with van der Waals surface area (Å²) in [5, 5.41) is 19.9. The number of aromatic nitrogens is 3. The minimum atomic E-state index is -0.368. The number of hydrogen-bond donors (Lipinski definition) is 2. The Bertz CT molecular complexity index is 1150. The number of rotatable bonds is 3. The molecule has 0 bridgehead atoms. The van der Waals surface area contributed by atoms with Crippen LogP contribution in [0.25, 0.3) is 22.2 Å². The third-order valence-electron chi connectivity index (χ3n) is 4.04. The van der Waals surface area contributed by atoms with Crippen LogP contribution in [0, 0.1) is 18.3 Å². The Morgan fingerprint density at radius 1 is 1.27 bits per heavy atom. The molecule has 0 aliphatic rings. The monoisotopic (exact) mass is 343 g/mol. The van der Waals surface area contributed by atoms with Gasteiger partial charge in [-0.1, -0.05) is 6.07 Å². The molecule has 2 N–H and O–H groups in total. The van der Waals surface area contributed by atoms with Crippen molar-refractivity contribution in [3.8, 4) is 17.3 Å². The molecule has 126 valence electrons. The van der Waals surface area contributed by atoms with E-state index in [1.54, 1.807) is 37.6 Å². The van der Waals surface area contributed by atoms with E-state index in [4.69, 9.17) is 9.68 Å². The van der Waals surface area contributed by atoms with Crippen LogP contribution in [-0.4, -0.2) is 21.1 Å². The number of furan rings is 1. The topological polar surface area (TPSA) is 108 Å². The first kappa shape index (κ1) is 15.6. The van der Waals surface area contributed by atoms with Crippen molar-refractivity contribution in [2.24, 2.45) is 0 Å². The molecule has 26 heavy (non-hydrogen) atoms. The minimum absolute atomic E-state index is 0.202. The summed E-state index contributed by atoms with van der Waals surface area (Å²) >= 11 is 0. The lowest BCUT2D eigenvalue weighted by atomic mass is 10.1. The summed E-state index contributed by atoms with van der Waals surface area (Å²) in [6.45, 7) is 1.78. The van der Waals surface area contributed by atoms with Crippen molar-refractivity contribution in [2.75, 3.05) is 5.32 Å². The Morgan fingerprint density at radius 3 is 2.92 bits per heavy atom. The van der Waals surface area contributed by atoms with Gasteiger partial charge in [0, 0.05) is 16.6 Å². The predicted molar refractivity (Wildman–Crippen MR) is 95.4 cm³/mol. The molecule has 4 aromatic rings. The second-order valence-electron chi connectivity index (χ2n) is 5.77. The van der Waals surface area contributed by atoms with E-state index in [1.165, 1.54) is 0 Å². The van der Waals surface area contributed by atoms with E-state index >= 15 is 0 Å². The molecule has 0 radical (unpaired) electrons. The average Bonchev–Trinajstić information content (AvgIpc) is 3.31. The van der Waals surface area contributed by atoms with E-state index in [-0.39, 0.29) is 17.3 Å². The fourth-order valence-electron chi connectivity index (χ4n) is 2.72. The number of fused-ring (bicyclic) bond motifs is 1. The zero-order valence-electron chi connectivity index (χ0n) is 13.8. The highest BCUT2D eigenvalue weighted by Gasteiger charge is 2.14. The maximum absolute atomic E-state index is 12.6.